The maximum Gasteiger partial charge on any atom is 0.293 e. The SMILES string of the molecule is CCOc1cc2cc(Nc3nc(N4CCC(Cc5cn(CCOCCOC)nn5)CC4)ncc3Cl)ccc2n(C)c1=O. The molecule has 0 radical (unpaired) electrons. The smallest absolute Gasteiger partial charge is 0.293 e. The topological polar surface area (TPSA) is 121 Å². The average molecular weight is 597 g/mol. The van der Waals surface area contributed by atoms with Gasteiger partial charge in [0.1, 0.15) is 5.02 Å². The van der Waals surface area contributed by atoms with Crippen LogP contribution in [-0.2, 0) is 29.5 Å². The minimum absolute atomic E-state index is 0.164. The first-order valence-corrected chi connectivity index (χ1v) is 14.6. The number of rotatable bonds is 13. The Hall–Kier alpha value is -3.74. The summed E-state index contributed by atoms with van der Waals surface area (Å²) in [5.74, 6) is 2.01. The van der Waals surface area contributed by atoms with Crippen LogP contribution in [0.1, 0.15) is 25.5 Å². The van der Waals surface area contributed by atoms with Crippen molar-refractivity contribution in [3.05, 3.63) is 57.7 Å². The molecule has 1 saturated heterocycles. The number of nitrogens with one attached hydrogen (secondary N) is 1. The van der Waals surface area contributed by atoms with E-state index in [-0.39, 0.29) is 5.56 Å². The van der Waals surface area contributed by atoms with Crippen LogP contribution in [0.4, 0.5) is 17.5 Å². The molecule has 1 aromatic carbocycles. The van der Waals surface area contributed by atoms with Gasteiger partial charge in [-0.15, -0.1) is 5.10 Å². The van der Waals surface area contributed by atoms with E-state index in [1.165, 1.54) is 0 Å². The number of benzene rings is 1. The van der Waals surface area contributed by atoms with Crippen LogP contribution in [0.3, 0.4) is 0 Å². The van der Waals surface area contributed by atoms with Gasteiger partial charge in [0.25, 0.3) is 5.56 Å². The lowest BCUT2D eigenvalue weighted by Crippen LogP contribution is -2.35. The van der Waals surface area contributed by atoms with Crippen molar-refractivity contribution >= 4 is 40.0 Å². The number of methoxy groups -OCH3 is 1. The lowest BCUT2D eigenvalue weighted by molar-refractivity contribution is 0.0652. The molecule has 1 aliphatic rings. The number of hydrogen-bond acceptors (Lipinski definition) is 10. The van der Waals surface area contributed by atoms with Crippen LogP contribution in [0, 0.1) is 5.92 Å². The first-order valence-electron chi connectivity index (χ1n) is 14.2. The number of hydrogen-bond donors (Lipinski definition) is 1. The van der Waals surface area contributed by atoms with Crippen molar-refractivity contribution in [1.29, 1.82) is 0 Å². The summed E-state index contributed by atoms with van der Waals surface area (Å²) in [6.07, 6.45) is 6.55. The third-order valence-electron chi connectivity index (χ3n) is 7.36. The Balaban J connectivity index is 1.19. The molecule has 3 aromatic heterocycles. The largest absolute Gasteiger partial charge is 0.488 e. The summed E-state index contributed by atoms with van der Waals surface area (Å²) < 4.78 is 19.5. The number of nitrogens with zero attached hydrogens (tertiary/aromatic N) is 7. The van der Waals surface area contributed by atoms with E-state index in [0.717, 1.165) is 54.6 Å². The molecule has 12 nitrogen and oxygen atoms in total. The van der Waals surface area contributed by atoms with E-state index in [4.69, 9.17) is 30.8 Å². The van der Waals surface area contributed by atoms with Gasteiger partial charge in [-0.1, -0.05) is 16.8 Å². The van der Waals surface area contributed by atoms with Gasteiger partial charge in [0.05, 0.1) is 50.4 Å². The molecule has 42 heavy (non-hydrogen) atoms. The van der Waals surface area contributed by atoms with Crippen LogP contribution < -0.4 is 20.5 Å². The van der Waals surface area contributed by atoms with Gasteiger partial charge in [0, 0.05) is 44.5 Å². The second-order valence-electron chi connectivity index (χ2n) is 10.3. The summed E-state index contributed by atoms with van der Waals surface area (Å²) in [7, 11) is 3.40. The van der Waals surface area contributed by atoms with Crippen molar-refractivity contribution in [2.75, 3.05) is 56.8 Å². The van der Waals surface area contributed by atoms with Crippen molar-refractivity contribution in [2.45, 2.75) is 32.7 Å². The van der Waals surface area contributed by atoms with Gasteiger partial charge >= 0.3 is 0 Å². The summed E-state index contributed by atoms with van der Waals surface area (Å²) in [5.41, 5.74) is 2.44. The third-order valence-corrected chi connectivity index (χ3v) is 7.64. The number of pyridine rings is 1. The highest BCUT2D eigenvalue weighted by molar-refractivity contribution is 6.32. The zero-order valence-electron chi connectivity index (χ0n) is 24.3. The van der Waals surface area contributed by atoms with E-state index in [9.17, 15) is 4.79 Å². The first kappa shape index (κ1) is 29.7. The van der Waals surface area contributed by atoms with E-state index in [1.807, 2.05) is 36.0 Å². The molecule has 13 heteroatoms. The molecule has 0 aliphatic carbocycles. The molecule has 224 valence electrons. The van der Waals surface area contributed by atoms with Crippen LogP contribution in [0.25, 0.3) is 10.9 Å². The van der Waals surface area contributed by atoms with Gasteiger partial charge in [-0.05, 0) is 56.4 Å². The molecule has 0 unspecified atom stereocenters. The van der Waals surface area contributed by atoms with Gasteiger partial charge in [0.15, 0.2) is 11.6 Å². The maximum absolute atomic E-state index is 12.5. The summed E-state index contributed by atoms with van der Waals surface area (Å²) >= 11 is 6.49. The quantitative estimate of drug-likeness (QED) is 0.228. The highest BCUT2D eigenvalue weighted by Crippen LogP contribution is 2.29. The molecule has 0 saturated carbocycles. The van der Waals surface area contributed by atoms with Crippen LogP contribution >= 0.6 is 11.6 Å². The number of halogens is 1. The minimum Gasteiger partial charge on any atom is -0.488 e. The van der Waals surface area contributed by atoms with Crippen LogP contribution in [0.2, 0.25) is 5.02 Å². The molecule has 4 heterocycles. The fraction of sp³-hybridized carbons (Fsp3) is 0.483. The Bertz CT molecular complexity index is 1550. The molecule has 0 amide bonds. The van der Waals surface area contributed by atoms with Gasteiger partial charge < -0.3 is 29.0 Å². The highest BCUT2D eigenvalue weighted by atomic mass is 35.5. The molecule has 0 spiro atoms. The standard InChI is InChI=1S/C29H37ClN8O4/c1-4-42-26-17-21-16-22(5-6-25(21)36(2)28(26)39)32-27-24(30)18-31-29(33-27)37-9-7-20(8-10-37)15-23-19-38(35-34-23)11-12-41-14-13-40-3/h5-6,16-20H,4,7-15H2,1-3H3,(H,31,32,33). The summed E-state index contributed by atoms with van der Waals surface area (Å²) in [6.45, 7) is 6.39. The normalized spacial score (nSPS) is 14.0. The predicted octanol–water partition coefficient (Wildman–Crippen LogP) is 3.84. The number of aryl methyl sites for hydroxylation is 1. The Labute approximate surface area is 249 Å². The Morgan fingerprint density at radius 1 is 1.14 bits per heavy atom. The Morgan fingerprint density at radius 2 is 1.98 bits per heavy atom. The summed E-state index contributed by atoms with van der Waals surface area (Å²) in [6, 6.07) is 7.51. The molecular weight excluding hydrogens is 560 g/mol. The second-order valence-corrected chi connectivity index (χ2v) is 10.7. The Kier molecular flexibility index (Phi) is 9.88. The average Bonchev–Trinajstić information content (AvgIpc) is 3.44. The van der Waals surface area contributed by atoms with Gasteiger partial charge in [-0.3, -0.25) is 4.79 Å². The van der Waals surface area contributed by atoms with Crippen LogP contribution in [-0.4, -0.2) is 76.2 Å². The molecule has 0 bridgehead atoms. The van der Waals surface area contributed by atoms with E-state index >= 15 is 0 Å². The summed E-state index contributed by atoms with van der Waals surface area (Å²) in [4.78, 5) is 24.0. The van der Waals surface area contributed by atoms with Crippen molar-refractivity contribution in [3.63, 3.8) is 0 Å². The summed E-state index contributed by atoms with van der Waals surface area (Å²) in [5, 5.41) is 13.2. The molecule has 5 rings (SSSR count). The fourth-order valence-electron chi connectivity index (χ4n) is 5.10. The van der Waals surface area contributed by atoms with Crippen molar-refractivity contribution in [2.24, 2.45) is 13.0 Å². The van der Waals surface area contributed by atoms with Gasteiger partial charge in [-0.25, -0.2) is 9.67 Å². The van der Waals surface area contributed by atoms with Crippen LogP contribution in [0.15, 0.2) is 41.5 Å². The van der Waals surface area contributed by atoms with E-state index < -0.39 is 0 Å². The molecule has 1 aliphatic heterocycles. The molecule has 1 N–H and O–H groups in total. The van der Waals surface area contributed by atoms with Crippen LogP contribution in [0.5, 0.6) is 5.75 Å². The van der Waals surface area contributed by atoms with Gasteiger partial charge in [0.2, 0.25) is 5.95 Å². The van der Waals surface area contributed by atoms with Crippen molar-refractivity contribution in [1.82, 2.24) is 29.5 Å². The monoisotopic (exact) mass is 596 g/mol. The van der Waals surface area contributed by atoms with E-state index in [2.05, 4.69) is 25.5 Å². The fourth-order valence-corrected chi connectivity index (χ4v) is 5.24. The predicted molar refractivity (Wildman–Crippen MR) is 162 cm³/mol. The number of ether oxygens (including phenoxy) is 3. The van der Waals surface area contributed by atoms with Gasteiger partial charge in [-0.2, -0.15) is 4.98 Å². The van der Waals surface area contributed by atoms with E-state index in [0.29, 0.717) is 61.4 Å². The second kappa shape index (κ2) is 14.0. The number of aromatic nitrogens is 6. The third kappa shape index (κ3) is 7.18. The van der Waals surface area contributed by atoms with Crippen molar-refractivity contribution < 1.29 is 14.2 Å². The lowest BCUT2D eigenvalue weighted by Gasteiger charge is -2.31. The molecule has 0 atom stereocenters. The molecule has 4 aromatic rings. The lowest BCUT2D eigenvalue weighted by atomic mass is 9.92. The van der Waals surface area contributed by atoms with Crippen molar-refractivity contribution in [3.8, 4) is 5.75 Å². The Morgan fingerprint density at radius 3 is 2.76 bits per heavy atom. The highest BCUT2D eigenvalue weighted by Gasteiger charge is 2.23. The zero-order chi connectivity index (χ0) is 29.5. The maximum atomic E-state index is 12.5. The first-order chi connectivity index (χ1) is 20.4. The minimum atomic E-state index is -0.164. The molecule has 1 fully saturated rings. The number of fused-ring (bicyclic) bond motifs is 1. The number of anilines is 3. The number of piperidine rings is 1. The zero-order valence-corrected chi connectivity index (χ0v) is 25.0. The molecular formula is C29H37ClN8O4. The van der Waals surface area contributed by atoms with E-state index in [1.54, 1.807) is 31.0 Å².